The van der Waals surface area contributed by atoms with Gasteiger partial charge in [0, 0.05) is 17.3 Å². The number of rotatable bonds is 3. The SMILES string of the molecule is O=C1C(=O)N(c2ccc3c(c2)OCCO3)C(c2ccco2)/C1=C(/O)c1ccc(F)cc1. The Morgan fingerprint density at radius 2 is 1.74 bits per heavy atom. The van der Waals surface area contributed by atoms with E-state index in [2.05, 4.69) is 0 Å². The summed E-state index contributed by atoms with van der Waals surface area (Å²) in [6, 6.07) is 12.1. The lowest BCUT2D eigenvalue weighted by Gasteiger charge is -2.25. The van der Waals surface area contributed by atoms with E-state index < -0.39 is 29.3 Å². The van der Waals surface area contributed by atoms with E-state index in [1.54, 1.807) is 30.3 Å². The lowest BCUT2D eigenvalue weighted by Crippen LogP contribution is -2.29. The number of ketones is 1. The van der Waals surface area contributed by atoms with E-state index in [-0.39, 0.29) is 16.9 Å². The van der Waals surface area contributed by atoms with Crippen molar-refractivity contribution in [1.82, 2.24) is 0 Å². The van der Waals surface area contributed by atoms with Crippen molar-refractivity contribution in [3.63, 3.8) is 0 Å². The monoisotopic (exact) mass is 421 g/mol. The standard InChI is InChI=1S/C23H16FNO6/c24-14-5-3-13(4-6-14)21(26)19-20(17-2-1-9-29-17)25(23(28)22(19)27)15-7-8-16-18(12-15)31-11-10-30-16/h1-9,12,20,26H,10-11H2/b21-19-. The van der Waals surface area contributed by atoms with Crippen LogP contribution in [0.2, 0.25) is 0 Å². The van der Waals surface area contributed by atoms with E-state index in [4.69, 9.17) is 13.9 Å². The molecule has 8 heteroatoms. The van der Waals surface area contributed by atoms with E-state index in [0.29, 0.717) is 30.4 Å². The fourth-order valence-electron chi connectivity index (χ4n) is 3.76. The molecule has 31 heavy (non-hydrogen) atoms. The van der Waals surface area contributed by atoms with Crippen LogP contribution in [-0.4, -0.2) is 30.0 Å². The zero-order valence-corrected chi connectivity index (χ0v) is 16.1. The molecule has 1 amide bonds. The highest BCUT2D eigenvalue weighted by Gasteiger charge is 2.48. The Hall–Kier alpha value is -4.07. The van der Waals surface area contributed by atoms with E-state index in [0.717, 1.165) is 12.1 Å². The van der Waals surface area contributed by atoms with Gasteiger partial charge in [-0.25, -0.2) is 4.39 Å². The largest absolute Gasteiger partial charge is 0.507 e. The maximum Gasteiger partial charge on any atom is 0.300 e. The van der Waals surface area contributed by atoms with E-state index in [1.165, 1.54) is 23.3 Å². The Morgan fingerprint density at radius 1 is 1.00 bits per heavy atom. The number of amides is 1. The van der Waals surface area contributed by atoms with Crippen molar-refractivity contribution in [3.8, 4) is 11.5 Å². The summed E-state index contributed by atoms with van der Waals surface area (Å²) in [5.41, 5.74) is 0.436. The van der Waals surface area contributed by atoms with Gasteiger partial charge in [0.2, 0.25) is 0 Å². The molecule has 5 rings (SSSR count). The number of furan rings is 1. The second-order valence-corrected chi connectivity index (χ2v) is 7.02. The first-order valence-electron chi connectivity index (χ1n) is 9.54. The molecule has 156 valence electrons. The number of carbonyl (C=O) groups excluding carboxylic acids is 2. The van der Waals surface area contributed by atoms with Crippen LogP contribution >= 0.6 is 0 Å². The number of anilines is 1. The van der Waals surface area contributed by atoms with Crippen molar-refractivity contribution in [1.29, 1.82) is 0 Å². The molecule has 3 aromatic rings. The Morgan fingerprint density at radius 3 is 2.45 bits per heavy atom. The molecule has 3 heterocycles. The molecular formula is C23H16FNO6. The molecule has 1 N–H and O–H groups in total. The molecule has 1 unspecified atom stereocenters. The van der Waals surface area contributed by atoms with Crippen LogP contribution in [0.5, 0.6) is 11.5 Å². The summed E-state index contributed by atoms with van der Waals surface area (Å²) >= 11 is 0. The van der Waals surface area contributed by atoms with Crippen LogP contribution in [0.3, 0.4) is 0 Å². The minimum atomic E-state index is -1.01. The number of ether oxygens (including phenoxy) is 2. The van der Waals surface area contributed by atoms with Crippen LogP contribution in [0, 0.1) is 5.82 Å². The van der Waals surface area contributed by atoms with Gasteiger partial charge in [0.1, 0.15) is 36.6 Å². The number of benzene rings is 2. The summed E-state index contributed by atoms with van der Waals surface area (Å²) in [7, 11) is 0. The predicted molar refractivity (Wildman–Crippen MR) is 107 cm³/mol. The van der Waals surface area contributed by atoms with Crippen molar-refractivity contribution in [2.24, 2.45) is 0 Å². The topological polar surface area (TPSA) is 89.2 Å². The number of halogens is 1. The van der Waals surface area contributed by atoms with Crippen molar-refractivity contribution < 1.29 is 33.0 Å². The zero-order valence-electron chi connectivity index (χ0n) is 16.1. The smallest absolute Gasteiger partial charge is 0.300 e. The number of fused-ring (bicyclic) bond motifs is 1. The minimum absolute atomic E-state index is 0.151. The molecule has 1 saturated heterocycles. The first-order valence-corrected chi connectivity index (χ1v) is 9.54. The van der Waals surface area contributed by atoms with E-state index in [9.17, 15) is 19.1 Å². The highest BCUT2D eigenvalue weighted by atomic mass is 19.1. The zero-order chi connectivity index (χ0) is 21.5. The minimum Gasteiger partial charge on any atom is -0.507 e. The fourth-order valence-corrected chi connectivity index (χ4v) is 3.76. The molecule has 1 fully saturated rings. The molecule has 0 spiro atoms. The van der Waals surface area contributed by atoms with Gasteiger partial charge in [0.15, 0.2) is 11.5 Å². The van der Waals surface area contributed by atoms with Crippen molar-refractivity contribution in [2.75, 3.05) is 18.1 Å². The van der Waals surface area contributed by atoms with Gasteiger partial charge >= 0.3 is 0 Å². The van der Waals surface area contributed by atoms with Gasteiger partial charge in [-0.2, -0.15) is 0 Å². The third-order valence-electron chi connectivity index (χ3n) is 5.18. The average Bonchev–Trinajstić information content (AvgIpc) is 3.40. The summed E-state index contributed by atoms with van der Waals surface area (Å²) in [5.74, 6) is -1.34. The van der Waals surface area contributed by atoms with E-state index in [1.807, 2.05) is 0 Å². The molecule has 0 bridgehead atoms. The van der Waals surface area contributed by atoms with Crippen molar-refractivity contribution in [2.45, 2.75) is 6.04 Å². The third kappa shape index (κ3) is 3.13. The molecule has 2 aromatic carbocycles. The molecule has 1 atom stereocenters. The van der Waals surface area contributed by atoms with Gasteiger partial charge < -0.3 is 19.0 Å². The molecule has 7 nitrogen and oxygen atoms in total. The summed E-state index contributed by atoms with van der Waals surface area (Å²) < 4.78 is 29.9. The van der Waals surface area contributed by atoms with E-state index >= 15 is 0 Å². The number of hydrogen-bond donors (Lipinski definition) is 1. The van der Waals surface area contributed by atoms with Crippen LogP contribution in [0.25, 0.3) is 5.76 Å². The average molecular weight is 421 g/mol. The Kier molecular flexibility index (Phi) is 4.47. The lowest BCUT2D eigenvalue weighted by atomic mass is 9.99. The van der Waals surface area contributed by atoms with Crippen LogP contribution in [-0.2, 0) is 9.59 Å². The maximum atomic E-state index is 13.3. The lowest BCUT2D eigenvalue weighted by molar-refractivity contribution is -0.132. The van der Waals surface area contributed by atoms with Crippen LogP contribution in [0.15, 0.2) is 70.9 Å². The number of aliphatic hydroxyl groups excluding tert-OH is 1. The molecule has 0 aliphatic carbocycles. The third-order valence-corrected chi connectivity index (χ3v) is 5.18. The number of Topliss-reactive ketones (excluding diaryl/α,β-unsaturated/α-hetero) is 1. The second kappa shape index (κ2) is 7.32. The first kappa shape index (κ1) is 18.9. The summed E-state index contributed by atoms with van der Waals surface area (Å²) in [6.07, 6.45) is 1.41. The number of hydrogen-bond acceptors (Lipinski definition) is 6. The van der Waals surface area contributed by atoms with Gasteiger partial charge in [-0.05, 0) is 48.5 Å². The summed E-state index contributed by atoms with van der Waals surface area (Å²) in [5, 5.41) is 10.9. The quantitative estimate of drug-likeness (QED) is 0.393. The molecule has 1 aromatic heterocycles. The molecule has 0 radical (unpaired) electrons. The van der Waals surface area contributed by atoms with Gasteiger partial charge in [-0.3, -0.25) is 14.5 Å². The van der Waals surface area contributed by atoms with Crippen molar-refractivity contribution >= 4 is 23.1 Å². The maximum absolute atomic E-state index is 13.3. The predicted octanol–water partition coefficient (Wildman–Crippen LogP) is 3.82. The summed E-state index contributed by atoms with van der Waals surface area (Å²) in [6.45, 7) is 0.780. The molecule has 0 saturated carbocycles. The first-order chi connectivity index (χ1) is 15.0. The number of carbonyl (C=O) groups is 2. The summed E-state index contributed by atoms with van der Waals surface area (Å²) in [4.78, 5) is 27.3. The Labute approximate surface area is 175 Å². The highest BCUT2D eigenvalue weighted by molar-refractivity contribution is 6.51. The Balaban J connectivity index is 1.67. The van der Waals surface area contributed by atoms with Gasteiger partial charge in [-0.1, -0.05) is 0 Å². The normalized spacial score (nSPS) is 19.6. The number of nitrogens with zero attached hydrogens (tertiary/aromatic N) is 1. The highest BCUT2D eigenvalue weighted by Crippen LogP contribution is 2.44. The van der Waals surface area contributed by atoms with Gasteiger partial charge in [0.25, 0.3) is 11.7 Å². The van der Waals surface area contributed by atoms with Crippen LogP contribution in [0.4, 0.5) is 10.1 Å². The fraction of sp³-hybridized carbons (Fsp3) is 0.130. The number of aliphatic hydroxyl groups is 1. The van der Waals surface area contributed by atoms with Crippen molar-refractivity contribution in [3.05, 3.63) is 83.6 Å². The Bertz CT molecular complexity index is 1200. The molecular weight excluding hydrogens is 405 g/mol. The van der Waals surface area contributed by atoms with Crippen LogP contribution < -0.4 is 14.4 Å². The molecule has 2 aliphatic heterocycles. The van der Waals surface area contributed by atoms with Crippen LogP contribution in [0.1, 0.15) is 17.4 Å². The molecule has 2 aliphatic rings. The second-order valence-electron chi connectivity index (χ2n) is 7.02. The van der Waals surface area contributed by atoms with Gasteiger partial charge in [-0.15, -0.1) is 0 Å². The van der Waals surface area contributed by atoms with Gasteiger partial charge in [0.05, 0.1) is 11.8 Å².